The summed E-state index contributed by atoms with van der Waals surface area (Å²) in [6.07, 6.45) is 2.14. The van der Waals surface area contributed by atoms with Gasteiger partial charge < -0.3 is 9.53 Å². The largest absolute Gasteiger partial charge is 0.417 e. The molecule has 1 aliphatic carbocycles. The Morgan fingerprint density at radius 1 is 1.29 bits per heavy atom. The fourth-order valence-electron chi connectivity index (χ4n) is 2.19. The lowest BCUT2D eigenvalue weighted by Crippen LogP contribution is -2.46. The molecule has 0 saturated heterocycles. The number of rotatable bonds is 3. The summed E-state index contributed by atoms with van der Waals surface area (Å²) in [6.45, 7) is 11.1. The molecule has 1 N–H and O–H groups in total. The second kappa shape index (κ2) is 4.33. The van der Waals surface area contributed by atoms with Gasteiger partial charge in [-0.25, -0.2) is 0 Å². The number of aliphatic hydroxyl groups excluding tert-OH is 1. The van der Waals surface area contributed by atoms with Gasteiger partial charge >= 0.3 is 0 Å². The molecule has 0 aromatic rings. The lowest BCUT2D eigenvalue weighted by Gasteiger charge is -2.44. The van der Waals surface area contributed by atoms with Crippen LogP contribution in [0.2, 0.25) is 13.1 Å². The van der Waals surface area contributed by atoms with Crippen molar-refractivity contribution in [3.63, 3.8) is 0 Å². The molecule has 3 heteroatoms. The van der Waals surface area contributed by atoms with Crippen LogP contribution in [-0.2, 0) is 4.43 Å². The first-order valence-electron chi connectivity index (χ1n) is 5.64. The minimum Gasteiger partial charge on any atom is -0.417 e. The third-order valence-electron chi connectivity index (χ3n) is 2.85. The van der Waals surface area contributed by atoms with E-state index in [0.717, 1.165) is 12.8 Å². The summed E-state index contributed by atoms with van der Waals surface area (Å²) < 4.78 is 6.09. The molecule has 0 heterocycles. The first-order chi connectivity index (χ1) is 6.30. The SMILES string of the molecule is C[SiH](C)OC(C1CC(O)C1)C(C)(C)C. The molecular formula is C11H24O2Si. The normalized spacial score (nSPS) is 30.2. The molecule has 0 aromatic carbocycles. The van der Waals surface area contributed by atoms with Crippen molar-refractivity contribution < 1.29 is 9.53 Å². The molecule has 1 fully saturated rings. The highest BCUT2D eigenvalue weighted by molar-refractivity contribution is 6.48. The molecule has 0 radical (unpaired) electrons. The summed E-state index contributed by atoms with van der Waals surface area (Å²) in [5.74, 6) is 0.583. The van der Waals surface area contributed by atoms with Crippen LogP contribution in [0.3, 0.4) is 0 Å². The number of hydrogen-bond acceptors (Lipinski definition) is 2. The van der Waals surface area contributed by atoms with Gasteiger partial charge in [-0.15, -0.1) is 0 Å². The van der Waals surface area contributed by atoms with Crippen LogP contribution < -0.4 is 0 Å². The molecule has 84 valence electrons. The molecule has 0 bridgehead atoms. The van der Waals surface area contributed by atoms with Crippen LogP contribution in [0.25, 0.3) is 0 Å². The van der Waals surface area contributed by atoms with E-state index in [0.29, 0.717) is 12.0 Å². The Morgan fingerprint density at radius 3 is 2.07 bits per heavy atom. The van der Waals surface area contributed by atoms with Crippen LogP contribution in [-0.4, -0.2) is 26.4 Å². The Kier molecular flexibility index (Phi) is 3.78. The maximum atomic E-state index is 9.32. The van der Waals surface area contributed by atoms with E-state index < -0.39 is 9.04 Å². The second-order valence-electron chi connectivity index (χ2n) is 5.86. The molecular weight excluding hydrogens is 192 g/mol. The molecule has 0 aliphatic heterocycles. The summed E-state index contributed by atoms with van der Waals surface area (Å²) in [6, 6.07) is 0. The Hall–Kier alpha value is 0.137. The smallest absolute Gasteiger partial charge is 0.171 e. The van der Waals surface area contributed by atoms with Gasteiger partial charge in [-0.2, -0.15) is 0 Å². The van der Waals surface area contributed by atoms with Crippen molar-refractivity contribution in [2.24, 2.45) is 11.3 Å². The maximum Gasteiger partial charge on any atom is 0.171 e. The monoisotopic (exact) mass is 216 g/mol. The lowest BCUT2D eigenvalue weighted by molar-refractivity contribution is -0.0588. The molecule has 1 aliphatic rings. The lowest BCUT2D eigenvalue weighted by atomic mass is 9.70. The highest BCUT2D eigenvalue weighted by atomic mass is 28.3. The fourth-order valence-corrected chi connectivity index (χ4v) is 3.41. The molecule has 1 saturated carbocycles. The molecule has 0 aromatic heterocycles. The summed E-state index contributed by atoms with van der Waals surface area (Å²) in [5, 5.41) is 9.32. The Morgan fingerprint density at radius 2 is 1.79 bits per heavy atom. The van der Waals surface area contributed by atoms with E-state index in [1.807, 2.05) is 0 Å². The van der Waals surface area contributed by atoms with Crippen molar-refractivity contribution in [2.75, 3.05) is 0 Å². The first kappa shape index (κ1) is 12.2. The van der Waals surface area contributed by atoms with Crippen LogP contribution in [0.4, 0.5) is 0 Å². The van der Waals surface area contributed by atoms with Gasteiger partial charge in [0.05, 0.1) is 12.2 Å². The van der Waals surface area contributed by atoms with E-state index in [1.165, 1.54) is 0 Å². The molecule has 14 heavy (non-hydrogen) atoms. The molecule has 1 atom stereocenters. The van der Waals surface area contributed by atoms with E-state index >= 15 is 0 Å². The second-order valence-corrected chi connectivity index (χ2v) is 8.23. The molecule has 0 spiro atoms. The summed E-state index contributed by atoms with van der Waals surface area (Å²) in [5.41, 5.74) is 0.210. The Labute approximate surface area is 89.4 Å². The predicted octanol–water partition coefficient (Wildman–Crippen LogP) is 2.17. The number of aliphatic hydroxyl groups is 1. The Balaban J connectivity index is 2.54. The van der Waals surface area contributed by atoms with Gasteiger partial charge in [-0.3, -0.25) is 0 Å². The first-order valence-corrected chi connectivity index (χ1v) is 8.42. The molecule has 0 amide bonds. The highest BCUT2D eigenvalue weighted by Gasteiger charge is 2.40. The zero-order valence-corrected chi connectivity index (χ0v) is 11.2. The van der Waals surface area contributed by atoms with Gasteiger partial charge in [-0.1, -0.05) is 20.8 Å². The van der Waals surface area contributed by atoms with Crippen LogP contribution in [0.1, 0.15) is 33.6 Å². The van der Waals surface area contributed by atoms with Crippen molar-refractivity contribution in [1.29, 1.82) is 0 Å². The topological polar surface area (TPSA) is 29.5 Å². The van der Waals surface area contributed by atoms with Gasteiger partial charge in [0.2, 0.25) is 0 Å². The van der Waals surface area contributed by atoms with E-state index in [9.17, 15) is 5.11 Å². The highest BCUT2D eigenvalue weighted by Crippen LogP contribution is 2.39. The average Bonchev–Trinajstić information content (AvgIpc) is 1.92. The minimum absolute atomic E-state index is 0.0673. The van der Waals surface area contributed by atoms with Crippen molar-refractivity contribution in [2.45, 2.75) is 58.9 Å². The Bertz CT molecular complexity index is 180. The van der Waals surface area contributed by atoms with Crippen molar-refractivity contribution >= 4 is 9.04 Å². The van der Waals surface area contributed by atoms with Crippen LogP contribution in [0.15, 0.2) is 0 Å². The van der Waals surface area contributed by atoms with E-state index in [2.05, 4.69) is 33.9 Å². The summed E-state index contributed by atoms with van der Waals surface area (Å²) in [4.78, 5) is 0. The minimum atomic E-state index is -0.966. The van der Waals surface area contributed by atoms with E-state index in [4.69, 9.17) is 4.43 Å². The predicted molar refractivity (Wildman–Crippen MR) is 61.9 cm³/mol. The van der Waals surface area contributed by atoms with Crippen molar-refractivity contribution in [3.8, 4) is 0 Å². The van der Waals surface area contributed by atoms with Crippen LogP contribution in [0.5, 0.6) is 0 Å². The van der Waals surface area contributed by atoms with Crippen molar-refractivity contribution in [3.05, 3.63) is 0 Å². The van der Waals surface area contributed by atoms with Gasteiger partial charge in [0.15, 0.2) is 9.04 Å². The standard InChI is InChI=1S/C11H24O2Si/c1-11(2,3)10(13-14(4)5)8-6-9(12)7-8/h8-10,12,14H,6-7H2,1-5H3. The van der Waals surface area contributed by atoms with Gasteiger partial charge in [0, 0.05) is 0 Å². The third-order valence-corrected chi connectivity index (χ3v) is 3.69. The summed E-state index contributed by atoms with van der Waals surface area (Å²) >= 11 is 0. The third kappa shape index (κ3) is 3.07. The van der Waals surface area contributed by atoms with Gasteiger partial charge in [0.1, 0.15) is 0 Å². The van der Waals surface area contributed by atoms with Gasteiger partial charge in [0.25, 0.3) is 0 Å². The van der Waals surface area contributed by atoms with Gasteiger partial charge in [-0.05, 0) is 37.3 Å². The van der Waals surface area contributed by atoms with E-state index in [-0.39, 0.29) is 11.5 Å². The zero-order valence-electron chi connectivity index (χ0n) is 10.1. The average molecular weight is 216 g/mol. The molecule has 1 rings (SSSR count). The molecule has 2 nitrogen and oxygen atoms in total. The zero-order chi connectivity index (χ0) is 10.9. The molecule has 1 unspecified atom stereocenters. The summed E-state index contributed by atoms with van der Waals surface area (Å²) in [7, 11) is -0.966. The number of hydrogen-bond donors (Lipinski definition) is 1. The van der Waals surface area contributed by atoms with Crippen LogP contribution >= 0.6 is 0 Å². The van der Waals surface area contributed by atoms with E-state index in [1.54, 1.807) is 0 Å². The van der Waals surface area contributed by atoms with Crippen LogP contribution in [0, 0.1) is 11.3 Å². The van der Waals surface area contributed by atoms with Crippen molar-refractivity contribution in [1.82, 2.24) is 0 Å². The maximum absolute atomic E-state index is 9.32. The quantitative estimate of drug-likeness (QED) is 0.733. The fraction of sp³-hybridized carbons (Fsp3) is 1.00.